The predicted molar refractivity (Wildman–Crippen MR) is 80.8 cm³/mol. The molecule has 1 unspecified atom stereocenters. The summed E-state index contributed by atoms with van der Waals surface area (Å²) in [5.74, 6) is 0.821. The summed E-state index contributed by atoms with van der Waals surface area (Å²) in [5, 5.41) is 0. The summed E-state index contributed by atoms with van der Waals surface area (Å²) in [7, 11) is 1.68. The zero-order chi connectivity index (χ0) is 14.4. The second-order valence-corrected chi connectivity index (χ2v) is 4.91. The Morgan fingerprint density at radius 3 is 2.55 bits per heavy atom. The standard InChI is InChI=1S/C17H21NO2/c1-13-6-8-15(9-7-13)17(18)12-20-16-5-3-4-14(10-16)11-19-2/h3-10,17H,11-12,18H2,1-2H3. The smallest absolute Gasteiger partial charge is 0.119 e. The Bertz CT molecular complexity index is 537. The van der Waals surface area contributed by atoms with E-state index >= 15 is 0 Å². The van der Waals surface area contributed by atoms with E-state index < -0.39 is 0 Å². The van der Waals surface area contributed by atoms with Crippen molar-refractivity contribution < 1.29 is 9.47 Å². The van der Waals surface area contributed by atoms with E-state index in [9.17, 15) is 0 Å². The number of rotatable bonds is 6. The van der Waals surface area contributed by atoms with Crippen LogP contribution in [0.15, 0.2) is 48.5 Å². The van der Waals surface area contributed by atoms with Crippen molar-refractivity contribution in [3.63, 3.8) is 0 Å². The van der Waals surface area contributed by atoms with Gasteiger partial charge in [-0.25, -0.2) is 0 Å². The number of aryl methyl sites for hydroxylation is 1. The molecule has 2 N–H and O–H groups in total. The van der Waals surface area contributed by atoms with E-state index in [1.807, 2.05) is 36.4 Å². The highest BCUT2D eigenvalue weighted by Crippen LogP contribution is 2.17. The highest BCUT2D eigenvalue weighted by molar-refractivity contribution is 5.29. The third-order valence-corrected chi connectivity index (χ3v) is 3.14. The lowest BCUT2D eigenvalue weighted by atomic mass is 10.1. The molecule has 1 atom stereocenters. The first-order chi connectivity index (χ1) is 9.69. The summed E-state index contributed by atoms with van der Waals surface area (Å²) in [6.45, 7) is 3.10. The number of hydrogen-bond donors (Lipinski definition) is 1. The fourth-order valence-corrected chi connectivity index (χ4v) is 1.99. The molecule has 106 valence electrons. The van der Waals surface area contributed by atoms with E-state index in [1.165, 1.54) is 5.56 Å². The van der Waals surface area contributed by atoms with Crippen molar-refractivity contribution in [2.24, 2.45) is 5.73 Å². The Morgan fingerprint density at radius 2 is 1.85 bits per heavy atom. The first-order valence-electron chi connectivity index (χ1n) is 6.72. The molecule has 3 nitrogen and oxygen atoms in total. The van der Waals surface area contributed by atoms with Crippen LogP contribution in [0, 0.1) is 6.92 Å². The average molecular weight is 271 g/mol. The Labute approximate surface area is 120 Å². The molecule has 2 aromatic carbocycles. The van der Waals surface area contributed by atoms with Gasteiger partial charge in [-0.1, -0.05) is 42.0 Å². The lowest BCUT2D eigenvalue weighted by Crippen LogP contribution is -2.19. The molecule has 0 saturated carbocycles. The average Bonchev–Trinajstić information content (AvgIpc) is 2.46. The fraction of sp³-hybridized carbons (Fsp3) is 0.294. The summed E-state index contributed by atoms with van der Waals surface area (Å²) in [6.07, 6.45) is 0. The molecule has 0 spiro atoms. The molecule has 3 heteroatoms. The molecule has 0 aromatic heterocycles. The van der Waals surface area contributed by atoms with Gasteiger partial charge in [0.25, 0.3) is 0 Å². The third kappa shape index (κ3) is 4.08. The van der Waals surface area contributed by atoms with E-state index in [4.69, 9.17) is 15.2 Å². The molecule has 0 aliphatic rings. The van der Waals surface area contributed by atoms with Gasteiger partial charge in [-0.05, 0) is 30.2 Å². The minimum Gasteiger partial charge on any atom is -0.492 e. The number of hydrogen-bond acceptors (Lipinski definition) is 3. The lowest BCUT2D eigenvalue weighted by Gasteiger charge is -2.14. The van der Waals surface area contributed by atoms with Gasteiger partial charge in [-0.2, -0.15) is 0 Å². The first-order valence-corrected chi connectivity index (χ1v) is 6.72. The number of ether oxygens (including phenoxy) is 2. The van der Waals surface area contributed by atoms with Crippen LogP contribution < -0.4 is 10.5 Å². The van der Waals surface area contributed by atoms with Crippen LogP contribution in [-0.4, -0.2) is 13.7 Å². The van der Waals surface area contributed by atoms with Gasteiger partial charge in [0.15, 0.2) is 0 Å². The van der Waals surface area contributed by atoms with E-state index in [0.29, 0.717) is 13.2 Å². The van der Waals surface area contributed by atoms with Crippen molar-refractivity contribution in [2.75, 3.05) is 13.7 Å². The molecule has 0 heterocycles. The van der Waals surface area contributed by atoms with E-state index in [2.05, 4.69) is 19.1 Å². The topological polar surface area (TPSA) is 44.5 Å². The van der Waals surface area contributed by atoms with Crippen LogP contribution in [0.1, 0.15) is 22.7 Å². The third-order valence-electron chi connectivity index (χ3n) is 3.14. The van der Waals surface area contributed by atoms with Gasteiger partial charge < -0.3 is 15.2 Å². The number of methoxy groups -OCH3 is 1. The zero-order valence-corrected chi connectivity index (χ0v) is 12.0. The van der Waals surface area contributed by atoms with Crippen molar-refractivity contribution in [1.82, 2.24) is 0 Å². The molecule has 0 bridgehead atoms. The molecule has 0 aliphatic carbocycles. The summed E-state index contributed by atoms with van der Waals surface area (Å²) >= 11 is 0. The molecule has 20 heavy (non-hydrogen) atoms. The maximum atomic E-state index is 6.14. The van der Waals surface area contributed by atoms with Crippen molar-refractivity contribution >= 4 is 0 Å². The summed E-state index contributed by atoms with van der Waals surface area (Å²) < 4.78 is 10.9. The maximum absolute atomic E-state index is 6.14. The number of benzene rings is 2. The highest BCUT2D eigenvalue weighted by atomic mass is 16.5. The second-order valence-electron chi connectivity index (χ2n) is 4.91. The van der Waals surface area contributed by atoms with Crippen LogP contribution in [0.5, 0.6) is 5.75 Å². The van der Waals surface area contributed by atoms with Crippen LogP contribution in [0.2, 0.25) is 0 Å². The quantitative estimate of drug-likeness (QED) is 0.877. The van der Waals surface area contributed by atoms with Gasteiger partial charge in [0.1, 0.15) is 12.4 Å². The Hall–Kier alpha value is -1.84. The molecular formula is C17H21NO2. The molecule has 0 radical (unpaired) electrons. The minimum atomic E-state index is -0.123. The van der Waals surface area contributed by atoms with Crippen LogP contribution in [0.4, 0.5) is 0 Å². The highest BCUT2D eigenvalue weighted by Gasteiger charge is 2.07. The Morgan fingerprint density at radius 1 is 1.10 bits per heavy atom. The molecule has 0 amide bonds. The molecule has 0 fully saturated rings. The zero-order valence-electron chi connectivity index (χ0n) is 12.0. The van der Waals surface area contributed by atoms with E-state index in [-0.39, 0.29) is 6.04 Å². The summed E-state index contributed by atoms with van der Waals surface area (Å²) in [5.41, 5.74) is 9.55. The van der Waals surface area contributed by atoms with Gasteiger partial charge in [0, 0.05) is 7.11 Å². The predicted octanol–water partition coefficient (Wildman–Crippen LogP) is 3.22. The number of nitrogens with two attached hydrogens (primary N) is 1. The van der Waals surface area contributed by atoms with Crippen molar-refractivity contribution in [1.29, 1.82) is 0 Å². The molecule has 2 rings (SSSR count). The van der Waals surface area contributed by atoms with Gasteiger partial charge in [-0.3, -0.25) is 0 Å². The SMILES string of the molecule is COCc1cccc(OCC(N)c2ccc(C)cc2)c1. The van der Waals surface area contributed by atoms with Crippen LogP contribution in [-0.2, 0) is 11.3 Å². The van der Waals surface area contributed by atoms with Crippen LogP contribution in [0.3, 0.4) is 0 Å². The van der Waals surface area contributed by atoms with Gasteiger partial charge in [0.2, 0.25) is 0 Å². The van der Waals surface area contributed by atoms with Gasteiger partial charge in [0.05, 0.1) is 12.6 Å². The summed E-state index contributed by atoms with van der Waals surface area (Å²) in [4.78, 5) is 0. The van der Waals surface area contributed by atoms with Gasteiger partial charge >= 0.3 is 0 Å². The molecule has 0 saturated heterocycles. The van der Waals surface area contributed by atoms with Gasteiger partial charge in [-0.15, -0.1) is 0 Å². The van der Waals surface area contributed by atoms with Crippen molar-refractivity contribution in [3.8, 4) is 5.75 Å². The lowest BCUT2D eigenvalue weighted by molar-refractivity contribution is 0.184. The Kier molecular flexibility index (Phi) is 5.16. The monoisotopic (exact) mass is 271 g/mol. The molecular weight excluding hydrogens is 250 g/mol. The van der Waals surface area contributed by atoms with Crippen molar-refractivity contribution in [2.45, 2.75) is 19.6 Å². The Balaban J connectivity index is 1.94. The first kappa shape index (κ1) is 14.6. The summed E-state index contributed by atoms with van der Waals surface area (Å²) in [6, 6.07) is 16.0. The second kappa shape index (κ2) is 7.08. The normalized spacial score (nSPS) is 12.2. The fourth-order valence-electron chi connectivity index (χ4n) is 1.99. The molecule has 0 aliphatic heterocycles. The van der Waals surface area contributed by atoms with E-state index in [0.717, 1.165) is 16.9 Å². The van der Waals surface area contributed by atoms with Crippen LogP contribution >= 0.6 is 0 Å². The minimum absolute atomic E-state index is 0.123. The largest absolute Gasteiger partial charge is 0.492 e. The molecule has 2 aromatic rings. The van der Waals surface area contributed by atoms with Crippen molar-refractivity contribution in [3.05, 3.63) is 65.2 Å². The van der Waals surface area contributed by atoms with Crippen LogP contribution in [0.25, 0.3) is 0 Å². The van der Waals surface area contributed by atoms with E-state index in [1.54, 1.807) is 7.11 Å². The maximum Gasteiger partial charge on any atom is 0.119 e.